The van der Waals surface area contributed by atoms with E-state index in [1.807, 2.05) is 30.3 Å². The molecule has 3 aromatic rings. The number of ether oxygens (including phenoxy) is 1. The molecule has 0 saturated heterocycles. The van der Waals surface area contributed by atoms with E-state index in [0.29, 0.717) is 24.4 Å². The van der Waals surface area contributed by atoms with Gasteiger partial charge in [0.25, 0.3) is 5.91 Å². The molecule has 1 aliphatic carbocycles. The average molecular weight is 401 g/mol. The third-order valence-corrected chi connectivity index (χ3v) is 5.10. The zero-order valence-electron chi connectivity index (χ0n) is 16.7. The molecule has 0 aliphatic heterocycles. The van der Waals surface area contributed by atoms with Gasteiger partial charge in [0.05, 0.1) is 7.11 Å². The van der Waals surface area contributed by atoms with Crippen LogP contribution in [-0.4, -0.2) is 32.1 Å². The van der Waals surface area contributed by atoms with Crippen molar-refractivity contribution in [3.8, 4) is 16.9 Å². The van der Waals surface area contributed by atoms with Crippen LogP contribution in [0.15, 0.2) is 66.7 Å². The third-order valence-electron chi connectivity index (χ3n) is 5.10. The van der Waals surface area contributed by atoms with Gasteiger partial charge in [-0.05, 0) is 65.1 Å². The van der Waals surface area contributed by atoms with E-state index in [2.05, 4.69) is 28.1 Å². The highest BCUT2D eigenvalue weighted by Gasteiger charge is 2.18. The number of hydrogen-bond donors (Lipinski definition) is 3. The first-order valence-corrected chi connectivity index (χ1v) is 9.82. The highest BCUT2D eigenvalue weighted by atomic mass is 16.5. The summed E-state index contributed by atoms with van der Waals surface area (Å²) in [5.41, 5.74) is 6.29. The van der Waals surface area contributed by atoms with Crippen molar-refractivity contribution in [2.45, 2.75) is 6.42 Å². The zero-order chi connectivity index (χ0) is 20.9. The van der Waals surface area contributed by atoms with Gasteiger partial charge in [0.15, 0.2) is 0 Å². The van der Waals surface area contributed by atoms with Crippen LogP contribution in [0.25, 0.3) is 11.1 Å². The Kier molecular flexibility index (Phi) is 5.66. The second-order valence-corrected chi connectivity index (χ2v) is 7.07. The van der Waals surface area contributed by atoms with Crippen LogP contribution in [0, 0.1) is 0 Å². The lowest BCUT2D eigenvalue weighted by Gasteiger charge is -2.10. The molecular weight excluding hydrogens is 378 g/mol. The van der Waals surface area contributed by atoms with Crippen molar-refractivity contribution >= 4 is 17.6 Å². The van der Waals surface area contributed by atoms with Crippen LogP contribution >= 0.6 is 0 Å². The second kappa shape index (κ2) is 8.69. The summed E-state index contributed by atoms with van der Waals surface area (Å²) in [6.45, 7) is 0.655. The maximum absolute atomic E-state index is 12.2. The van der Waals surface area contributed by atoms with Gasteiger partial charge in [-0.2, -0.15) is 0 Å². The monoisotopic (exact) mass is 401 g/mol. The largest absolute Gasteiger partial charge is 0.497 e. The number of rotatable bonds is 6. The number of hydrogen-bond acceptors (Lipinski definition) is 3. The van der Waals surface area contributed by atoms with Gasteiger partial charge in [-0.1, -0.05) is 30.3 Å². The Balaban J connectivity index is 1.23. The number of nitrogens with one attached hydrogen (secondary N) is 3. The number of anilines is 1. The maximum Gasteiger partial charge on any atom is 0.319 e. The quantitative estimate of drug-likeness (QED) is 0.430. The van der Waals surface area contributed by atoms with Gasteiger partial charge in [0, 0.05) is 24.3 Å². The zero-order valence-corrected chi connectivity index (χ0v) is 16.7. The Morgan fingerprint density at radius 3 is 2.40 bits per heavy atom. The van der Waals surface area contributed by atoms with Gasteiger partial charge in [-0.15, -0.1) is 0 Å². The van der Waals surface area contributed by atoms with Crippen molar-refractivity contribution in [1.29, 1.82) is 0 Å². The molecule has 0 aromatic heterocycles. The van der Waals surface area contributed by atoms with Crippen molar-refractivity contribution in [3.05, 3.63) is 83.4 Å². The number of urea groups is 1. The minimum Gasteiger partial charge on any atom is -0.497 e. The molecule has 30 heavy (non-hydrogen) atoms. The lowest BCUT2D eigenvalue weighted by molar-refractivity contribution is 0.0954. The van der Waals surface area contributed by atoms with E-state index in [0.717, 1.165) is 12.1 Å². The van der Waals surface area contributed by atoms with Gasteiger partial charge < -0.3 is 20.7 Å². The van der Waals surface area contributed by atoms with E-state index in [1.165, 1.54) is 22.3 Å². The van der Waals surface area contributed by atoms with Crippen LogP contribution < -0.4 is 20.7 Å². The number of carbonyl (C=O) groups excluding carboxylic acids is 2. The van der Waals surface area contributed by atoms with E-state index in [1.54, 1.807) is 31.4 Å². The first kappa shape index (κ1) is 19.5. The first-order chi connectivity index (χ1) is 14.6. The van der Waals surface area contributed by atoms with Crippen molar-refractivity contribution in [2.24, 2.45) is 0 Å². The standard InChI is InChI=1S/C24H23N3O3/c1-30-20-9-6-16(7-10-20)23(28)25-12-13-26-24(29)27-19-8-11-22-18(15-19)14-17-4-2-3-5-21(17)22/h2-11,15H,12-14H2,1H3,(H,25,28)(H2,26,27,29). The first-order valence-electron chi connectivity index (χ1n) is 9.82. The summed E-state index contributed by atoms with van der Waals surface area (Å²) in [4.78, 5) is 24.3. The summed E-state index contributed by atoms with van der Waals surface area (Å²) in [7, 11) is 1.58. The molecule has 3 aromatic carbocycles. The highest BCUT2D eigenvalue weighted by molar-refractivity contribution is 5.94. The van der Waals surface area contributed by atoms with Crippen LogP contribution in [0.3, 0.4) is 0 Å². The molecule has 3 amide bonds. The Bertz CT molecular complexity index is 1080. The number of benzene rings is 3. The van der Waals surface area contributed by atoms with Crippen LogP contribution in [-0.2, 0) is 6.42 Å². The summed E-state index contributed by atoms with van der Waals surface area (Å²) >= 11 is 0. The smallest absolute Gasteiger partial charge is 0.319 e. The molecule has 152 valence electrons. The Morgan fingerprint density at radius 1 is 0.867 bits per heavy atom. The summed E-state index contributed by atoms with van der Waals surface area (Å²) in [5, 5.41) is 8.39. The lowest BCUT2D eigenvalue weighted by atomic mass is 10.1. The SMILES string of the molecule is COc1ccc(C(=O)NCCNC(=O)Nc2ccc3c(c2)Cc2ccccc2-3)cc1. The van der Waals surface area contributed by atoms with E-state index in [9.17, 15) is 9.59 Å². The minimum atomic E-state index is -0.302. The molecule has 0 saturated carbocycles. The second-order valence-electron chi connectivity index (χ2n) is 7.07. The molecule has 0 radical (unpaired) electrons. The summed E-state index contributed by atoms with van der Waals surface area (Å²) in [6, 6.07) is 20.9. The fourth-order valence-electron chi connectivity index (χ4n) is 3.59. The molecule has 0 heterocycles. The van der Waals surface area contributed by atoms with Gasteiger partial charge >= 0.3 is 6.03 Å². The van der Waals surface area contributed by atoms with Gasteiger partial charge in [0.1, 0.15) is 5.75 Å². The summed E-state index contributed by atoms with van der Waals surface area (Å²) < 4.78 is 5.08. The third kappa shape index (κ3) is 4.27. The highest BCUT2D eigenvalue weighted by Crippen LogP contribution is 2.37. The predicted octanol–water partition coefficient (Wildman–Crippen LogP) is 3.82. The molecule has 0 unspecified atom stereocenters. The normalized spacial score (nSPS) is 11.2. The number of fused-ring (bicyclic) bond motifs is 3. The molecule has 6 nitrogen and oxygen atoms in total. The molecular formula is C24H23N3O3. The van der Waals surface area contributed by atoms with Crippen LogP contribution in [0.4, 0.5) is 10.5 Å². The van der Waals surface area contributed by atoms with Crippen LogP contribution in [0.2, 0.25) is 0 Å². The molecule has 0 spiro atoms. The Morgan fingerprint density at radius 2 is 1.60 bits per heavy atom. The fraction of sp³-hybridized carbons (Fsp3) is 0.167. The fourth-order valence-corrected chi connectivity index (χ4v) is 3.59. The van der Waals surface area contributed by atoms with Crippen molar-refractivity contribution in [1.82, 2.24) is 10.6 Å². The summed E-state index contributed by atoms with van der Waals surface area (Å²) in [5.74, 6) is 0.498. The maximum atomic E-state index is 12.2. The van der Waals surface area contributed by atoms with Crippen molar-refractivity contribution < 1.29 is 14.3 Å². The molecule has 6 heteroatoms. The van der Waals surface area contributed by atoms with E-state index in [-0.39, 0.29) is 11.9 Å². The Labute approximate surface area is 175 Å². The van der Waals surface area contributed by atoms with E-state index < -0.39 is 0 Å². The molecule has 4 rings (SSSR count). The number of amides is 3. The van der Waals surface area contributed by atoms with Gasteiger partial charge in [-0.3, -0.25) is 4.79 Å². The van der Waals surface area contributed by atoms with Crippen molar-refractivity contribution in [2.75, 3.05) is 25.5 Å². The average Bonchev–Trinajstić information content (AvgIpc) is 3.14. The van der Waals surface area contributed by atoms with E-state index >= 15 is 0 Å². The lowest BCUT2D eigenvalue weighted by Crippen LogP contribution is -2.36. The van der Waals surface area contributed by atoms with Crippen molar-refractivity contribution in [3.63, 3.8) is 0 Å². The molecule has 0 fully saturated rings. The number of methoxy groups -OCH3 is 1. The molecule has 0 atom stereocenters. The summed E-state index contributed by atoms with van der Waals surface area (Å²) in [6.07, 6.45) is 0.875. The van der Waals surface area contributed by atoms with Crippen LogP contribution in [0.1, 0.15) is 21.5 Å². The Hall–Kier alpha value is -3.80. The number of carbonyl (C=O) groups is 2. The van der Waals surface area contributed by atoms with Crippen LogP contribution in [0.5, 0.6) is 5.75 Å². The van der Waals surface area contributed by atoms with Gasteiger partial charge in [0.2, 0.25) is 0 Å². The topological polar surface area (TPSA) is 79.5 Å². The predicted molar refractivity (Wildman–Crippen MR) is 117 cm³/mol. The molecule has 0 bridgehead atoms. The van der Waals surface area contributed by atoms with E-state index in [4.69, 9.17) is 4.74 Å². The minimum absolute atomic E-state index is 0.196. The van der Waals surface area contributed by atoms with Gasteiger partial charge in [-0.25, -0.2) is 4.79 Å². The molecule has 3 N–H and O–H groups in total. The molecule has 1 aliphatic rings.